The Hall–Kier alpha value is -6.38. The molecule has 0 N–H and O–H groups in total. The van der Waals surface area contributed by atoms with Crippen LogP contribution in [0.4, 0.5) is 17.1 Å². The van der Waals surface area contributed by atoms with Crippen molar-refractivity contribution in [1.82, 2.24) is 0 Å². The molecule has 8 aromatic carbocycles. The highest BCUT2D eigenvalue weighted by Gasteiger charge is 2.35. The highest BCUT2D eigenvalue weighted by Crippen LogP contribution is 2.52. The second-order valence-corrected chi connectivity index (χ2v) is 16.7. The summed E-state index contributed by atoms with van der Waals surface area (Å²) in [6, 6.07) is 62.9. The van der Waals surface area contributed by atoms with Crippen molar-refractivity contribution >= 4 is 49.8 Å². The summed E-state index contributed by atoms with van der Waals surface area (Å²) in [5, 5.41) is 4.96. The predicted molar refractivity (Wildman–Crippen MR) is 240 cm³/mol. The SMILES string of the molecule is CC1(C)c2ccccc2-c2ccc(-c3ccccc3N(c3ccc4c(c3)oc3ccccc34)c3ccccc3-c3cccc4cccc(C5CCCCC5)c34)cc21. The van der Waals surface area contributed by atoms with E-state index in [0.29, 0.717) is 5.92 Å². The molecule has 0 saturated heterocycles. The molecule has 1 saturated carbocycles. The van der Waals surface area contributed by atoms with Gasteiger partial charge in [-0.2, -0.15) is 0 Å². The lowest BCUT2D eigenvalue weighted by molar-refractivity contribution is 0.445. The Morgan fingerprint density at radius 2 is 1.14 bits per heavy atom. The van der Waals surface area contributed by atoms with E-state index in [-0.39, 0.29) is 5.41 Å². The molecule has 0 atom stereocenters. The van der Waals surface area contributed by atoms with Gasteiger partial charge in [0, 0.05) is 39.1 Å². The van der Waals surface area contributed by atoms with Gasteiger partial charge < -0.3 is 9.32 Å². The summed E-state index contributed by atoms with van der Waals surface area (Å²) in [5.74, 6) is 0.582. The number of furan rings is 1. The highest BCUT2D eigenvalue weighted by atomic mass is 16.3. The van der Waals surface area contributed by atoms with Gasteiger partial charge in [0.15, 0.2) is 0 Å². The monoisotopic (exact) mass is 735 g/mol. The topological polar surface area (TPSA) is 16.4 Å². The fourth-order valence-electron chi connectivity index (χ4n) is 10.3. The molecule has 2 aliphatic rings. The van der Waals surface area contributed by atoms with E-state index < -0.39 is 0 Å². The first kappa shape index (κ1) is 33.9. The standard InChI is InChI=1S/C55H45NO/c1-55(2)48-26-10-6-21-42(48)43-32-30-38(34-49(43)55)40-20-7-11-27-50(40)56(39-31-33-46-45-23-9-13-29-52(45)57-53(46)35-39)51-28-12-8-22-44(51)47-25-15-19-37-18-14-24-41(54(37)47)36-16-4-3-5-17-36/h6-15,18-36H,3-5,16-17H2,1-2H3. The van der Waals surface area contributed by atoms with Crippen LogP contribution >= 0.6 is 0 Å². The molecule has 0 spiro atoms. The summed E-state index contributed by atoms with van der Waals surface area (Å²) in [6.45, 7) is 4.73. The molecular weight excluding hydrogens is 691 g/mol. The number of hydrogen-bond acceptors (Lipinski definition) is 2. The molecule has 0 bridgehead atoms. The Bertz CT molecular complexity index is 2990. The molecule has 276 valence electrons. The first-order valence-electron chi connectivity index (χ1n) is 20.7. The molecular formula is C55H45NO. The Morgan fingerprint density at radius 3 is 1.98 bits per heavy atom. The van der Waals surface area contributed by atoms with Crippen LogP contribution in [0.1, 0.15) is 68.6 Å². The zero-order valence-corrected chi connectivity index (χ0v) is 32.6. The Labute approximate surface area is 335 Å². The largest absolute Gasteiger partial charge is 0.456 e. The van der Waals surface area contributed by atoms with Crippen LogP contribution in [0, 0.1) is 0 Å². The molecule has 1 heterocycles. The second kappa shape index (κ2) is 13.4. The number of nitrogens with zero attached hydrogens (tertiary/aromatic N) is 1. The first-order chi connectivity index (χ1) is 28.0. The molecule has 2 aliphatic carbocycles. The number of fused-ring (bicyclic) bond motifs is 7. The van der Waals surface area contributed by atoms with Gasteiger partial charge in [-0.3, -0.25) is 0 Å². The normalized spacial score (nSPS) is 14.9. The molecule has 2 heteroatoms. The van der Waals surface area contributed by atoms with Crippen LogP contribution < -0.4 is 4.90 Å². The maximum absolute atomic E-state index is 6.56. The lowest BCUT2D eigenvalue weighted by atomic mass is 9.80. The van der Waals surface area contributed by atoms with Crippen molar-refractivity contribution in [2.24, 2.45) is 0 Å². The Kier molecular flexibility index (Phi) is 7.96. The summed E-state index contributed by atoms with van der Waals surface area (Å²) >= 11 is 0. The maximum Gasteiger partial charge on any atom is 0.137 e. The van der Waals surface area contributed by atoms with E-state index in [9.17, 15) is 0 Å². The molecule has 9 aromatic rings. The Morgan fingerprint density at radius 1 is 0.491 bits per heavy atom. The van der Waals surface area contributed by atoms with Gasteiger partial charge in [0.05, 0.1) is 11.4 Å². The summed E-state index contributed by atoms with van der Waals surface area (Å²) in [5.41, 5.74) is 16.9. The summed E-state index contributed by atoms with van der Waals surface area (Å²) in [7, 11) is 0. The smallest absolute Gasteiger partial charge is 0.137 e. The third-order valence-corrected chi connectivity index (χ3v) is 13.1. The van der Waals surface area contributed by atoms with Gasteiger partial charge in [-0.1, -0.05) is 161 Å². The van der Waals surface area contributed by atoms with Crippen LogP contribution in [-0.2, 0) is 5.41 Å². The van der Waals surface area contributed by atoms with Crippen molar-refractivity contribution in [3.63, 3.8) is 0 Å². The minimum atomic E-state index is -0.0973. The molecule has 0 aliphatic heterocycles. The fraction of sp³-hybridized carbons (Fsp3) is 0.164. The second-order valence-electron chi connectivity index (χ2n) is 16.7. The van der Waals surface area contributed by atoms with Gasteiger partial charge >= 0.3 is 0 Å². The van der Waals surface area contributed by atoms with E-state index >= 15 is 0 Å². The van der Waals surface area contributed by atoms with Gasteiger partial charge in [-0.15, -0.1) is 0 Å². The van der Waals surface area contributed by atoms with Gasteiger partial charge in [0.25, 0.3) is 0 Å². The van der Waals surface area contributed by atoms with Crippen LogP contribution in [-0.4, -0.2) is 0 Å². The lowest BCUT2D eigenvalue weighted by Gasteiger charge is -2.31. The zero-order chi connectivity index (χ0) is 38.1. The summed E-state index contributed by atoms with van der Waals surface area (Å²) in [6.07, 6.45) is 6.47. The molecule has 0 amide bonds. The van der Waals surface area contributed by atoms with Gasteiger partial charge in [0.1, 0.15) is 11.2 Å². The third-order valence-electron chi connectivity index (χ3n) is 13.1. The van der Waals surface area contributed by atoms with Crippen molar-refractivity contribution < 1.29 is 4.42 Å². The van der Waals surface area contributed by atoms with Gasteiger partial charge in [-0.25, -0.2) is 0 Å². The van der Waals surface area contributed by atoms with Crippen LogP contribution in [0.5, 0.6) is 0 Å². The number of benzene rings is 8. The van der Waals surface area contributed by atoms with Crippen LogP contribution in [0.15, 0.2) is 174 Å². The van der Waals surface area contributed by atoms with Crippen molar-refractivity contribution in [2.75, 3.05) is 4.90 Å². The van der Waals surface area contributed by atoms with Crippen molar-refractivity contribution in [3.05, 3.63) is 187 Å². The van der Waals surface area contributed by atoms with E-state index in [4.69, 9.17) is 4.42 Å². The average molecular weight is 736 g/mol. The van der Waals surface area contributed by atoms with E-state index in [1.807, 2.05) is 6.07 Å². The number of anilines is 3. The first-order valence-corrected chi connectivity index (χ1v) is 20.7. The molecule has 1 aromatic heterocycles. The number of rotatable bonds is 6. The van der Waals surface area contributed by atoms with Crippen molar-refractivity contribution in [1.29, 1.82) is 0 Å². The van der Waals surface area contributed by atoms with Gasteiger partial charge in [-0.05, 0) is 105 Å². The van der Waals surface area contributed by atoms with E-state index in [2.05, 4.69) is 183 Å². The van der Waals surface area contributed by atoms with E-state index in [1.165, 1.54) is 92.9 Å². The molecule has 1 fully saturated rings. The van der Waals surface area contributed by atoms with Crippen LogP contribution in [0.25, 0.3) is 66.1 Å². The average Bonchev–Trinajstić information content (AvgIpc) is 3.75. The van der Waals surface area contributed by atoms with E-state index in [0.717, 1.165) is 39.0 Å². The van der Waals surface area contributed by atoms with Gasteiger partial charge in [0.2, 0.25) is 0 Å². The summed E-state index contributed by atoms with van der Waals surface area (Å²) < 4.78 is 6.56. The molecule has 57 heavy (non-hydrogen) atoms. The minimum Gasteiger partial charge on any atom is -0.456 e. The molecule has 0 unspecified atom stereocenters. The molecule has 2 nitrogen and oxygen atoms in total. The lowest BCUT2D eigenvalue weighted by Crippen LogP contribution is -2.15. The summed E-state index contributed by atoms with van der Waals surface area (Å²) in [4.78, 5) is 2.48. The quantitative estimate of drug-likeness (QED) is 0.169. The number of para-hydroxylation sites is 3. The van der Waals surface area contributed by atoms with Crippen LogP contribution in [0.3, 0.4) is 0 Å². The highest BCUT2D eigenvalue weighted by molar-refractivity contribution is 6.08. The minimum absolute atomic E-state index is 0.0973. The number of hydrogen-bond donors (Lipinski definition) is 0. The van der Waals surface area contributed by atoms with Crippen LogP contribution in [0.2, 0.25) is 0 Å². The Balaban J connectivity index is 1.15. The molecule has 0 radical (unpaired) electrons. The fourth-order valence-corrected chi connectivity index (χ4v) is 10.3. The molecule has 11 rings (SSSR count). The van der Waals surface area contributed by atoms with E-state index in [1.54, 1.807) is 0 Å². The maximum atomic E-state index is 6.56. The van der Waals surface area contributed by atoms with Crippen molar-refractivity contribution in [3.8, 4) is 33.4 Å². The zero-order valence-electron chi connectivity index (χ0n) is 32.6. The van der Waals surface area contributed by atoms with Crippen molar-refractivity contribution in [2.45, 2.75) is 57.3 Å². The predicted octanol–water partition coefficient (Wildman–Crippen LogP) is 15.9. The third kappa shape index (κ3) is 5.46.